The molecule has 0 atom stereocenters. The van der Waals surface area contributed by atoms with Gasteiger partial charge in [-0.1, -0.05) is 54.6 Å². The minimum atomic E-state index is -4.62. The van der Waals surface area contributed by atoms with E-state index in [0.29, 0.717) is 16.3 Å². The number of aromatic nitrogens is 2. The van der Waals surface area contributed by atoms with Crippen molar-refractivity contribution in [2.45, 2.75) is 12.3 Å². The van der Waals surface area contributed by atoms with Crippen LogP contribution in [0.5, 0.6) is 0 Å². The van der Waals surface area contributed by atoms with Gasteiger partial charge in [-0.2, -0.15) is 13.2 Å². The first-order valence-electron chi connectivity index (χ1n) is 10.5. The highest BCUT2D eigenvalue weighted by molar-refractivity contribution is 7.95. The van der Waals surface area contributed by atoms with E-state index in [2.05, 4.69) is 41.4 Å². The van der Waals surface area contributed by atoms with Gasteiger partial charge in [0.1, 0.15) is 35.0 Å². The van der Waals surface area contributed by atoms with Gasteiger partial charge in [-0.05, 0) is 36.4 Å². The van der Waals surface area contributed by atoms with E-state index in [-0.39, 0.29) is 4.96 Å². The lowest BCUT2D eigenvalue weighted by molar-refractivity contribution is -0.141. The summed E-state index contributed by atoms with van der Waals surface area (Å²) in [5, 5.41) is 4.27. The van der Waals surface area contributed by atoms with Crippen LogP contribution in [-0.4, -0.2) is 9.38 Å². The van der Waals surface area contributed by atoms with Gasteiger partial charge in [0.25, 0.3) is 5.56 Å². The Labute approximate surface area is 198 Å². The smallest absolute Gasteiger partial charge is 0.269 e. The molecule has 2 aromatic heterocycles. The third-order valence-corrected chi connectivity index (χ3v) is 10.9. The summed E-state index contributed by atoms with van der Waals surface area (Å²) in [4.78, 5) is 17.4. The number of halogens is 3. The SMILES string of the molecule is O=c1cc(C[P+](c2ccccc2)(c2ccccc2)c2ccccc2)nc2scc(C(F)(F)F)n12. The molecular formula is C26H19F3N2OPS+. The quantitative estimate of drug-likeness (QED) is 0.312. The van der Waals surface area contributed by atoms with Crippen molar-refractivity contribution >= 4 is 39.5 Å². The van der Waals surface area contributed by atoms with Crippen LogP contribution in [0.15, 0.2) is 107 Å². The molecule has 5 aromatic rings. The predicted octanol–water partition coefficient (Wildman–Crippen LogP) is 5.27. The van der Waals surface area contributed by atoms with Crippen molar-refractivity contribution in [1.82, 2.24) is 9.38 Å². The van der Waals surface area contributed by atoms with Crippen LogP contribution in [0.25, 0.3) is 4.96 Å². The number of benzene rings is 3. The highest BCUT2D eigenvalue weighted by atomic mass is 32.1. The Kier molecular flexibility index (Phi) is 5.84. The van der Waals surface area contributed by atoms with E-state index in [1.54, 1.807) is 0 Å². The maximum Gasteiger partial charge on any atom is 0.432 e. The number of thiazole rings is 1. The molecule has 3 aromatic carbocycles. The van der Waals surface area contributed by atoms with Crippen molar-refractivity contribution in [2.75, 3.05) is 0 Å². The van der Waals surface area contributed by atoms with Crippen molar-refractivity contribution in [3.63, 3.8) is 0 Å². The average Bonchev–Trinajstić information content (AvgIpc) is 3.30. The summed E-state index contributed by atoms with van der Waals surface area (Å²) in [5.74, 6) is 0. The van der Waals surface area contributed by atoms with E-state index in [1.807, 2.05) is 54.6 Å². The van der Waals surface area contributed by atoms with Crippen molar-refractivity contribution in [1.29, 1.82) is 0 Å². The van der Waals surface area contributed by atoms with E-state index in [4.69, 9.17) is 0 Å². The van der Waals surface area contributed by atoms with E-state index in [9.17, 15) is 18.0 Å². The number of fused-ring (bicyclic) bond motifs is 1. The fourth-order valence-electron chi connectivity index (χ4n) is 4.25. The van der Waals surface area contributed by atoms with E-state index in [0.717, 1.165) is 32.6 Å². The van der Waals surface area contributed by atoms with Gasteiger partial charge in [0.15, 0.2) is 4.96 Å². The maximum absolute atomic E-state index is 13.4. The van der Waals surface area contributed by atoms with Crippen LogP contribution < -0.4 is 21.5 Å². The van der Waals surface area contributed by atoms with Crippen LogP contribution >= 0.6 is 18.6 Å². The minimum Gasteiger partial charge on any atom is -0.269 e. The van der Waals surface area contributed by atoms with E-state index in [1.165, 1.54) is 6.07 Å². The minimum absolute atomic E-state index is 0.0436. The molecule has 0 aliphatic rings. The molecule has 5 rings (SSSR count). The van der Waals surface area contributed by atoms with Crippen molar-refractivity contribution in [2.24, 2.45) is 0 Å². The molecule has 170 valence electrons. The first-order chi connectivity index (χ1) is 16.4. The van der Waals surface area contributed by atoms with Gasteiger partial charge >= 0.3 is 6.18 Å². The Hall–Kier alpha value is -3.28. The van der Waals surface area contributed by atoms with Crippen LogP contribution in [0.3, 0.4) is 0 Å². The first kappa shape index (κ1) is 22.5. The number of hydrogen-bond acceptors (Lipinski definition) is 3. The Morgan fingerprint density at radius 2 is 1.26 bits per heavy atom. The summed E-state index contributed by atoms with van der Waals surface area (Å²) in [5.41, 5.74) is -1.24. The second-order valence-electron chi connectivity index (χ2n) is 7.80. The summed E-state index contributed by atoms with van der Waals surface area (Å²) in [6, 6.07) is 31.5. The molecule has 0 spiro atoms. The summed E-state index contributed by atoms with van der Waals surface area (Å²) in [6.45, 7) is 0. The largest absolute Gasteiger partial charge is 0.432 e. The zero-order valence-electron chi connectivity index (χ0n) is 17.8. The van der Waals surface area contributed by atoms with Gasteiger partial charge in [-0.15, -0.1) is 11.3 Å². The maximum atomic E-state index is 13.4. The van der Waals surface area contributed by atoms with Gasteiger partial charge in [0, 0.05) is 11.4 Å². The molecule has 0 radical (unpaired) electrons. The standard InChI is InChI=1S/C26H19F3N2OPS/c27-26(28,29)23-18-34-25-30-19(16-24(32)31(23)25)17-33(20-10-4-1-5-11-20,21-12-6-2-7-13-21)22-14-8-3-9-15-22/h1-16,18H,17H2/q+1. The fraction of sp³-hybridized carbons (Fsp3) is 0.0769. The first-order valence-corrected chi connectivity index (χ1v) is 13.4. The zero-order valence-corrected chi connectivity index (χ0v) is 19.5. The second-order valence-corrected chi connectivity index (χ2v) is 12.1. The molecule has 0 saturated carbocycles. The zero-order chi connectivity index (χ0) is 23.8. The molecule has 0 N–H and O–H groups in total. The van der Waals surface area contributed by atoms with Crippen molar-refractivity contribution < 1.29 is 13.2 Å². The number of nitrogens with zero attached hydrogens (tertiary/aromatic N) is 2. The summed E-state index contributed by atoms with van der Waals surface area (Å²) in [6.07, 6.45) is -4.21. The highest BCUT2D eigenvalue weighted by Crippen LogP contribution is 2.57. The summed E-state index contributed by atoms with van der Waals surface area (Å²) < 4.78 is 40.8. The van der Waals surface area contributed by atoms with E-state index < -0.39 is 24.7 Å². The number of rotatable bonds is 5. The second kappa shape index (κ2) is 8.82. The molecule has 0 saturated heterocycles. The van der Waals surface area contributed by atoms with Gasteiger partial charge in [0.2, 0.25) is 0 Å². The molecule has 0 aliphatic carbocycles. The van der Waals surface area contributed by atoms with Crippen LogP contribution in [0.2, 0.25) is 0 Å². The summed E-state index contributed by atoms with van der Waals surface area (Å²) >= 11 is 0.827. The van der Waals surface area contributed by atoms with Crippen LogP contribution in [0, 0.1) is 0 Å². The number of hydrogen-bond donors (Lipinski definition) is 0. The van der Waals surface area contributed by atoms with Crippen LogP contribution in [0.4, 0.5) is 13.2 Å². The number of alkyl halides is 3. The molecule has 0 bridgehead atoms. The van der Waals surface area contributed by atoms with Crippen molar-refractivity contribution in [3.8, 4) is 0 Å². The van der Waals surface area contributed by atoms with Crippen molar-refractivity contribution in [3.05, 3.63) is 124 Å². The molecule has 2 heterocycles. The fourth-order valence-corrected chi connectivity index (χ4v) is 9.31. The molecule has 0 aliphatic heterocycles. The Morgan fingerprint density at radius 3 is 1.71 bits per heavy atom. The van der Waals surface area contributed by atoms with Gasteiger partial charge in [0.05, 0.1) is 5.69 Å². The van der Waals surface area contributed by atoms with E-state index >= 15 is 0 Å². The monoisotopic (exact) mass is 495 g/mol. The third kappa shape index (κ3) is 3.95. The topological polar surface area (TPSA) is 34.4 Å². The lowest BCUT2D eigenvalue weighted by Crippen LogP contribution is -2.33. The molecule has 3 nitrogen and oxygen atoms in total. The molecule has 0 fully saturated rings. The molecule has 8 heteroatoms. The molecule has 0 unspecified atom stereocenters. The average molecular weight is 495 g/mol. The van der Waals surface area contributed by atoms with Crippen LogP contribution in [0.1, 0.15) is 11.4 Å². The van der Waals surface area contributed by atoms with Gasteiger partial charge in [-0.25, -0.2) is 9.38 Å². The molecule has 0 amide bonds. The summed E-state index contributed by atoms with van der Waals surface area (Å²) in [7, 11) is -2.33. The normalized spacial score (nSPS) is 12.2. The van der Waals surface area contributed by atoms with Gasteiger partial charge in [-0.3, -0.25) is 4.79 Å². The Balaban J connectivity index is 1.76. The lowest BCUT2D eigenvalue weighted by atomic mass is 10.3. The molecular weight excluding hydrogens is 476 g/mol. The third-order valence-electron chi connectivity index (χ3n) is 5.74. The lowest BCUT2D eigenvalue weighted by Gasteiger charge is -2.27. The highest BCUT2D eigenvalue weighted by Gasteiger charge is 2.46. The molecule has 34 heavy (non-hydrogen) atoms. The predicted molar refractivity (Wildman–Crippen MR) is 133 cm³/mol. The Bertz CT molecular complexity index is 1390. The van der Waals surface area contributed by atoms with Gasteiger partial charge < -0.3 is 0 Å². The van der Waals surface area contributed by atoms with Crippen LogP contribution in [-0.2, 0) is 12.3 Å². The Morgan fingerprint density at radius 1 is 0.794 bits per heavy atom.